The third-order valence-corrected chi connectivity index (χ3v) is 8.50. The summed E-state index contributed by atoms with van der Waals surface area (Å²) < 4.78 is 4.84. The van der Waals surface area contributed by atoms with Crippen LogP contribution in [0.4, 0.5) is 11.4 Å². The summed E-state index contributed by atoms with van der Waals surface area (Å²) in [4.78, 5) is 62.6. The van der Waals surface area contributed by atoms with E-state index in [1.807, 2.05) is 6.07 Å². The van der Waals surface area contributed by atoms with Crippen molar-refractivity contribution >= 4 is 58.3 Å². The molecule has 206 valence electrons. The molecule has 11 nitrogen and oxygen atoms in total. The Morgan fingerprint density at radius 1 is 0.850 bits per heavy atom. The molecule has 2 heterocycles. The van der Waals surface area contributed by atoms with E-state index in [2.05, 4.69) is 0 Å². The van der Waals surface area contributed by atoms with Gasteiger partial charge in [-0.3, -0.25) is 33.8 Å². The number of ether oxygens (including phenoxy) is 1. The molecule has 0 spiro atoms. The number of fused-ring (bicyclic) bond motifs is 2. The molecule has 6 rings (SSSR count). The zero-order chi connectivity index (χ0) is 27.7. The number of methoxy groups -OCH3 is 1. The standard InChI is InChI=1S/C14H14N2O4.C13H14N2O3.Al.Li.4H/c1-16-11(17)9-10(12(16)18)14(9,13(19)20-2)7-4-3-5-8(15)6-7;1-15-11(17)9-10(12(15)18)13(9,6-16)7-3-2-4-8(14)5-7;;;;;;/h3-6,9-10H,15H2,1-2H3;2-5,9-10,16H,6,14H2,1H3;;;;;;/q;;;+1;;;;-1/t9-,10+,14?;9-,10+,13?;;;;;;. The second kappa shape index (κ2) is 10.7. The molecule has 4 amide bonds. The van der Waals surface area contributed by atoms with Crippen molar-refractivity contribution in [3.05, 3.63) is 59.7 Å². The molecule has 5 N–H and O–H groups in total. The molecule has 4 fully saturated rings. The van der Waals surface area contributed by atoms with Crippen molar-refractivity contribution in [3.63, 3.8) is 0 Å². The maximum absolute atomic E-state index is 12.2. The molecule has 13 heteroatoms. The summed E-state index contributed by atoms with van der Waals surface area (Å²) in [6.07, 6.45) is 0. The Labute approximate surface area is 255 Å². The largest absolute Gasteiger partial charge is 1.00 e. The van der Waals surface area contributed by atoms with E-state index in [0.29, 0.717) is 16.9 Å². The van der Waals surface area contributed by atoms with Crippen molar-refractivity contribution < 1.29 is 54.1 Å². The van der Waals surface area contributed by atoms with Gasteiger partial charge in [0.15, 0.2) is 17.4 Å². The summed E-state index contributed by atoms with van der Waals surface area (Å²) in [5.41, 5.74) is 11.9. The van der Waals surface area contributed by atoms with Crippen molar-refractivity contribution in [2.45, 2.75) is 10.8 Å². The van der Waals surface area contributed by atoms with E-state index in [-0.39, 0.29) is 67.9 Å². The van der Waals surface area contributed by atoms with Crippen molar-refractivity contribution in [1.82, 2.24) is 9.80 Å². The van der Waals surface area contributed by atoms with E-state index in [1.54, 1.807) is 42.5 Å². The number of esters is 1. The number of benzene rings is 2. The van der Waals surface area contributed by atoms with Crippen molar-refractivity contribution in [2.75, 3.05) is 39.3 Å². The van der Waals surface area contributed by atoms with E-state index in [9.17, 15) is 29.1 Å². The van der Waals surface area contributed by atoms with Gasteiger partial charge in [-0.25, -0.2) is 0 Å². The van der Waals surface area contributed by atoms with Crippen LogP contribution in [0, 0.1) is 23.7 Å². The van der Waals surface area contributed by atoms with Crippen molar-refractivity contribution in [3.8, 4) is 0 Å². The van der Waals surface area contributed by atoms with Gasteiger partial charge in [-0.2, -0.15) is 0 Å². The number of nitrogens with two attached hydrogens (primary N) is 2. The molecule has 40 heavy (non-hydrogen) atoms. The van der Waals surface area contributed by atoms with Crippen LogP contribution >= 0.6 is 0 Å². The Balaban J connectivity index is 0.000000268. The number of imide groups is 2. The molecule has 2 saturated carbocycles. The van der Waals surface area contributed by atoms with Gasteiger partial charge in [0.2, 0.25) is 23.6 Å². The van der Waals surface area contributed by atoms with Crippen molar-refractivity contribution in [1.29, 1.82) is 0 Å². The average Bonchev–Trinajstić information content (AvgIpc) is 3.76. The first-order chi connectivity index (χ1) is 18.0. The maximum atomic E-state index is 12.2. The van der Waals surface area contributed by atoms with Gasteiger partial charge in [-0.1, -0.05) is 24.3 Å². The summed E-state index contributed by atoms with van der Waals surface area (Å²) >= 11 is 0. The number of nitrogen functional groups attached to an aromatic ring is 2. The number of likely N-dealkylation sites (tertiary alicyclic amines) is 2. The predicted molar refractivity (Wildman–Crippen MR) is 145 cm³/mol. The topological polar surface area (TPSA) is 173 Å². The number of anilines is 2. The number of rotatable bonds is 4. The van der Waals surface area contributed by atoms with E-state index >= 15 is 0 Å². The number of nitrogens with zero attached hydrogens (tertiary/aromatic N) is 2. The Hall–Kier alpha value is -3.12. The third kappa shape index (κ3) is 4.01. The van der Waals surface area contributed by atoms with Crippen LogP contribution in [0.25, 0.3) is 0 Å². The number of hydrogen-bond acceptors (Lipinski definition) is 9. The molecule has 2 aliphatic carbocycles. The number of amides is 4. The molecular formula is C27H32AlLiN4O7. The van der Waals surface area contributed by atoms with Gasteiger partial charge in [0.05, 0.1) is 37.4 Å². The maximum Gasteiger partial charge on any atom is 1.00 e. The molecule has 6 atom stereocenters. The Bertz CT molecular complexity index is 1380. The first kappa shape index (κ1) is 31.4. The first-order valence-corrected chi connectivity index (χ1v) is 12.0. The molecule has 0 aromatic heterocycles. The molecule has 2 aromatic carbocycles. The van der Waals surface area contributed by atoms with Gasteiger partial charge in [-0.15, -0.1) is 0 Å². The van der Waals surface area contributed by atoms with E-state index in [4.69, 9.17) is 16.2 Å². The van der Waals surface area contributed by atoms with Gasteiger partial charge in [0, 0.05) is 30.9 Å². The van der Waals surface area contributed by atoms with Crippen LogP contribution in [0.2, 0.25) is 0 Å². The molecular weight excluding hydrogens is 526 g/mol. The second-order valence-corrected chi connectivity index (χ2v) is 10.2. The number of carbonyl (C=O) groups excluding carboxylic acids is 5. The number of piperidine rings is 2. The quantitative estimate of drug-likeness (QED) is 0.145. The van der Waals surface area contributed by atoms with Crippen LogP contribution in [0.1, 0.15) is 12.6 Å². The third-order valence-electron chi connectivity index (χ3n) is 8.50. The summed E-state index contributed by atoms with van der Waals surface area (Å²) in [6, 6.07) is 13.8. The second-order valence-electron chi connectivity index (χ2n) is 10.2. The molecule has 0 radical (unpaired) electrons. The van der Waals surface area contributed by atoms with Gasteiger partial charge in [-0.05, 0) is 35.4 Å². The van der Waals surface area contributed by atoms with Gasteiger partial charge < -0.3 is 22.7 Å². The summed E-state index contributed by atoms with van der Waals surface area (Å²) in [5, 5.41) is 9.66. The van der Waals surface area contributed by atoms with Gasteiger partial charge in [0.25, 0.3) is 0 Å². The average molecular weight is 558 g/mol. The fourth-order valence-electron chi connectivity index (χ4n) is 6.45. The Morgan fingerprint density at radius 2 is 1.25 bits per heavy atom. The van der Waals surface area contributed by atoms with Gasteiger partial charge >= 0.3 is 24.8 Å². The van der Waals surface area contributed by atoms with Gasteiger partial charge in [0.1, 0.15) is 5.41 Å². The normalized spacial score (nSPS) is 30.8. The molecule has 0 bridgehead atoms. The molecule has 4 aliphatic rings. The van der Waals surface area contributed by atoms with E-state index < -0.39 is 40.5 Å². The fourth-order valence-corrected chi connectivity index (χ4v) is 6.45. The smallest absolute Gasteiger partial charge is 1.00 e. The minimum absolute atomic E-state index is 0. The summed E-state index contributed by atoms with van der Waals surface area (Å²) in [5.74, 6) is -3.86. The fraction of sp³-hybridized carbons (Fsp3) is 0.370. The van der Waals surface area contributed by atoms with Crippen LogP contribution < -0.4 is 30.3 Å². The minimum atomic E-state index is -1.20. The number of hydrogen-bond donors (Lipinski definition) is 3. The van der Waals surface area contributed by atoms with Crippen LogP contribution in [0.3, 0.4) is 0 Å². The molecule has 2 saturated heterocycles. The number of aliphatic hydroxyl groups is 1. The number of carbonyl (C=O) groups is 5. The monoisotopic (exact) mass is 558 g/mol. The number of aliphatic hydroxyl groups excluding tert-OH is 1. The van der Waals surface area contributed by atoms with Crippen LogP contribution in [-0.4, -0.2) is 89.7 Å². The zero-order valence-electron chi connectivity index (χ0n) is 23.1. The SMILES string of the molecule is CN1C(=O)[C@@H]2[C@H](C1=O)C2(CO)c1cccc(N)c1.COC(=O)C1(c2cccc(N)c2)[C@@H]2C(=O)N(C)C(=O)[C@@H]21.[AlH3].[H-].[Li+]. The van der Waals surface area contributed by atoms with E-state index in [1.165, 1.54) is 21.2 Å². The molecule has 2 aromatic rings. The summed E-state index contributed by atoms with van der Waals surface area (Å²) in [7, 11) is 4.17. The molecule has 2 aliphatic heterocycles. The van der Waals surface area contributed by atoms with Crippen LogP contribution in [0.5, 0.6) is 0 Å². The summed E-state index contributed by atoms with van der Waals surface area (Å²) in [6.45, 7) is -0.211. The Morgan fingerprint density at radius 3 is 1.65 bits per heavy atom. The minimum Gasteiger partial charge on any atom is -1.00 e. The predicted octanol–water partition coefficient (Wildman–Crippen LogP) is -4.40. The van der Waals surface area contributed by atoms with E-state index in [0.717, 1.165) is 15.4 Å². The first-order valence-electron chi connectivity index (χ1n) is 12.0. The molecule has 2 unspecified atom stereocenters. The van der Waals surface area contributed by atoms with Crippen molar-refractivity contribution in [2.24, 2.45) is 23.7 Å². The van der Waals surface area contributed by atoms with Crippen LogP contribution in [0.15, 0.2) is 48.5 Å². The zero-order valence-corrected chi connectivity index (χ0v) is 22.1. The van der Waals surface area contributed by atoms with Crippen LogP contribution in [-0.2, 0) is 39.5 Å². The Kier molecular flexibility index (Phi) is 8.40.